The molecule has 0 saturated carbocycles. The minimum absolute atomic E-state index is 0. The Kier molecular flexibility index (Phi) is 3.91. The van der Waals surface area contributed by atoms with Gasteiger partial charge >= 0.3 is 0 Å². The summed E-state index contributed by atoms with van der Waals surface area (Å²) in [4.78, 5) is 12.2. The van der Waals surface area contributed by atoms with Crippen LogP contribution in [0.5, 0.6) is 0 Å². The second kappa shape index (κ2) is 4.80. The van der Waals surface area contributed by atoms with Gasteiger partial charge in [0, 0.05) is 27.0 Å². The first-order chi connectivity index (χ1) is 6.74. The largest absolute Gasteiger partial charge is 0.419 e. The van der Waals surface area contributed by atoms with E-state index in [0.29, 0.717) is 11.2 Å². The van der Waals surface area contributed by atoms with Gasteiger partial charge < -0.3 is 16.6 Å². The molecule has 0 fully saturated rings. The van der Waals surface area contributed by atoms with Crippen LogP contribution in [0.25, 0.3) is 11.2 Å². The summed E-state index contributed by atoms with van der Waals surface area (Å²) < 4.78 is 1.89. The Labute approximate surface area is 101 Å². The second-order valence-electron chi connectivity index (χ2n) is 2.98. The van der Waals surface area contributed by atoms with Gasteiger partial charge in [-0.1, -0.05) is 0 Å². The maximum atomic E-state index is 9.35. The summed E-state index contributed by atoms with van der Waals surface area (Å²) in [5.41, 5.74) is 1.83. The predicted octanol–water partition coefficient (Wildman–Crippen LogP) is 0.711. The zero-order valence-corrected chi connectivity index (χ0v) is 11.0. The Hall–Kier alpha value is -0.828. The molecule has 1 atom stereocenters. The fourth-order valence-electron chi connectivity index (χ4n) is 1.37. The Morgan fingerprint density at radius 3 is 2.80 bits per heavy atom. The predicted molar refractivity (Wildman–Crippen MR) is 51.3 cm³/mol. The number of hydrogen-bond donors (Lipinski definition) is 1. The van der Waals surface area contributed by atoms with Crippen LogP contribution in [0.1, 0.15) is 18.7 Å². The summed E-state index contributed by atoms with van der Waals surface area (Å²) >= 11 is 0. The van der Waals surface area contributed by atoms with Gasteiger partial charge in [0.25, 0.3) is 0 Å². The molecule has 6 heteroatoms. The summed E-state index contributed by atoms with van der Waals surface area (Å²) in [6.07, 6.45) is 2.24. The van der Waals surface area contributed by atoms with Gasteiger partial charge in [0.1, 0.15) is 11.8 Å². The summed E-state index contributed by atoms with van der Waals surface area (Å²) in [5.74, 6) is 0. The first kappa shape index (κ1) is 12.2. The van der Waals surface area contributed by atoms with Crippen LogP contribution < -0.4 is 0 Å². The van der Waals surface area contributed by atoms with E-state index in [0.717, 1.165) is 12.2 Å². The van der Waals surface area contributed by atoms with Crippen LogP contribution in [-0.4, -0.2) is 24.6 Å². The molecule has 0 aromatic carbocycles. The number of aliphatic hydroxyl groups is 1. The Balaban J connectivity index is 0.00000112. The van der Waals surface area contributed by atoms with E-state index in [4.69, 9.17) is 0 Å². The first-order valence-electron chi connectivity index (χ1n) is 4.41. The van der Waals surface area contributed by atoms with Crippen molar-refractivity contribution in [3.8, 4) is 0 Å². The molecule has 5 nitrogen and oxygen atoms in total. The molecule has 0 aliphatic carbocycles. The molecule has 81 valence electrons. The van der Waals surface area contributed by atoms with Crippen LogP contribution in [-0.2, 0) is 27.0 Å². The number of hydrogen-bond acceptors (Lipinski definition) is 4. The summed E-state index contributed by atoms with van der Waals surface area (Å²) in [7, 11) is 0. The van der Waals surface area contributed by atoms with Gasteiger partial charge in [-0.3, -0.25) is 0 Å². The molecule has 0 amide bonds. The Morgan fingerprint density at radius 1 is 1.47 bits per heavy atom. The minimum Gasteiger partial charge on any atom is -0.419 e. The van der Waals surface area contributed by atoms with Gasteiger partial charge in [-0.05, 0) is 13.0 Å². The van der Waals surface area contributed by atoms with Crippen LogP contribution in [0.2, 0.25) is 0 Å². The zero-order valence-electron chi connectivity index (χ0n) is 8.26. The van der Waals surface area contributed by atoms with Crippen molar-refractivity contribution in [2.24, 2.45) is 0 Å². The SMILES string of the molecule is [CH2-]C(O)c1ncnc2c1ncn2CC.[Re]. The average Bonchev–Trinajstić information content (AvgIpc) is 2.59. The van der Waals surface area contributed by atoms with Gasteiger partial charge in [-0.25, -0.2) is 15.0 Å². The number of imidazole rings is 1. The van der Waals surface area contributed by atoms with Gasteiger partial charge in [0.15, 0.2) is 5.65 Å². The summed E-state index contributed by atoms with van der Waals surface area (Å²) in [5, 5.41) is 9.35. The molecule has 1 N–H and O–H groups in total. The Bertz CT molecular complexity index is 454. The second-order valence-corrected chi connectivity index (χ2v) is 2.98. The topological polar surface area (TPSA) is 63.8 Å². The fraction of sp³-hybridized carbons (Fsp3) is 0.333. The molecule has 0 spiro atoms. The van der Waals surface area contributed by atoms with Crippen LogP contribution in [0.15, 0.2) is 12.7 Å². The summed E-state index contributed by atoms with van der Waals surface area (Å²) in [6.45, 7) is 6.31. The minimum atomic E-state index is -0.860. The fourth-order valence-corrected chi connectivity index (χ4v) is 1.37. The number of aromatic nitrogens is 4. The van der Waals surface area contributed by atoms with Gasteiger partial charge in [0.05, 0.1) is 12.0 Å². The third kappa shape index (κ3) is 2.07. The molecular formula is C9H11N4ORe-. The van der Waals surface area contributed by atoms with Crippen molar-refractivity contribution >= 4 is 11.2 Å². The molecule has 1 unspecified atom stereocenters. The van der Waals surface area contributed by atoms with E-state index in [2.05, 4.69) is 21.9 Å². The van der Waals surface area contributed by atoms with Crippen molar-refractivity contribution in [1.29, 1.82) is 0 Å². The van der Waals surface area contributed by atoms with Gasteiger partial charge in [-0.15, -0.1) is 0 Å². The van der Waals surface area contributed by atoms with Crippen molar-refractivity contribution in [1.82, 2.24) is 19.5 Å². The molecular weight excluding hydrogens is 366 g/mol. The quantitative estimate of drug-likeness (QED) is 0.783. The molecule has 0 aliphatic rings. The smallest absolute Gasteiger partial charge is 0.163 e. The van der Waals surface area contributed by atoms with E-state index in [1.165, 1.54) is 6.33 Å². The molecule has 2 aromatic rings. The van der Waals surface area contributed by atoms with Crippen LogP contribution >= 0.6 is 0 Å². The monoisotopic (exact) mass is 378 g/mol. The number of nitrogens with zero attached hydrogens (tertiary/aromatic N) is 4. The Morgan fingerprint density at radius 2 is 2.20 bits per heavy atom. The van der Waals surface area contributed by atoms with Crippen LogP contribution in [0.3, 0.4) is 0 Å². The van der Waals surface area contributed by atoms with E-state index in [1.54, 1.807) is 6.33 Å². The molecule has 0 saturated heterocycles. The standard InChI is InChI=1S/C9H11N4O.Re/c1-3-13-5-12-8-7(6(2)14)10-4-11-9(8)13;/h4-6,14H,2-3H2,1H3;/q-1;. The molecule has 1 radical (unpaired) electrons. The van der Waals surface area contributed by atoms with Crippen molar-refractivity contribution in [3.63, 3.8) is 0 Å². The van der Waals surface area contributed by atoms with Crippen LogP contribution in [0, 0.1) is 6.92 Å². The van der Waals surface area contributed by atoms with Crippen molar-refractivity contribution < 1.29 is 25.5 Å². The van der Waals surface area contributed by atoms with E-state index in [9.17, 15) is 5.11 Å². The maximum Gasteiger partial charge on any atom is 0.163 e. The van der Waals surface area contributed by atoms with Crippen molar-refractivity contribution in [2.45, 2.75) is 19.6 Å². The van der Waals surface area contributed by atoms with E-state index in [-0.39, 0.29) is 20.4 Å². The zero-order chi connectivity index (χ0) is 10.1. The average molecular weight is 377 g/mol. The molecule has 0 aliphatic heterocycles. The number of rotatable bonds is 2. The first-order valence-corrected chi connectivity index (χ1v) is 4.41. The van der Waals surface area contributed by atoms with Crippen molar-refractivity contribution in [3.05, 3.63) is 25.3 Å². The van der Waals surface area contributed by atoms with Gasteiger partial charge in [-0.2, -0.15) is 0 Å². The summed E-state index contributed by atoms with van der Waals surface area (Å²) in [6, 6.07) is 0. The molecule has 2 heterocycles. The number of aliphatic hydroxyl groups excluding tert-OH is 1. The molecule has 0 bridgehead atoms. The molecule has 2 rings (SSSR count). The normalized spacial score (nSPS) is 12.5. The number of fused-ring (bicyclic) bond motifs is 1. The van der Waals surface area contributed by atoms with E-state index < -0.39 is 6.10 Å². The number of aryl methyl sites for hydroxylation is 1. The molecule has 15 heavy (non-hydrogen) atoms. The van der Waals surface area contributed by atoms with Crippen molar-refractivity contribution in [2.75, 3.05) is 0 Å². The van der Waals surface area contributed by atoms with E-state index in [1.807, 2.05) is 11.5 Å². The maximum absolute atomic E-state index is 9.35. The third-order valence-electron chi connectivity index (χ3n) is 2.09. The third-order valence-corrected chi connectivity index (χ3v) is 2.09. The van der Waals surface area contributed by atoms with Gasteiger partial charge in [0.2, 0.25) is 0 Å². The van der Waals surface area contributed by atoms with E-state index >= 15 is 0 Å². The molecule has 2 aromatic heterocycles. The van der Waals surface area contributed by atoms with Crippen LogP contribution in [0.4, 0.5) is 0 Å².